The first kappa shape index (κ1) is 13.3. The van der Waals surface area contributed by atoms with E-state index >= 15 is 0 Å². The number of methoxy groups -OCH3 is 1. The van der Waals surface area contributed by atoms with Gasteiger partial charge in [-0.15, -0.1) is 0 Å². The van der Waals surface area contributed by atoms with Gasteiger partial charge in [-0.25, -0.2) is 0 Å². The predicted molar refractivity (Wildman–Crippen MR) is 70.4 cm³/mol. The first-order valence-electron chi connectivity index (χ1n) is 6.15. The molecule has 1 atom stereocenters. The fourth-order valence-corrected chi connectivity index (χ4v) is 2.12. The Morgan fingerprint density at radius 3 is 2.79 bits per heavy atom. The maximum absolute atomic E-state index is 11.8. The zero-order valence-electron chi connectivity index (χ0n) is 11.3. The average Bonchev–Trinajstić information content (AvgIpc) is 2.95. The van der Waals surface area contributed by atoms with Gasteiger partial charge >= 0.3 is 6.01 Å². The predicted octanol–water partition coefficient (Wildman–Crippen LogP) is -0.363. The lowest BCUT2D eigenvalue weighted by atomic mass is 10.2. The Kier molecular flexibility index (Phi) is 3.98. The Hall–Kier alpha value is -2.12. The minimum Gasteiger partial charge on any atom is -0.467 e. The molecule has 8 nitrogen and oxygen atoms in total. The summed E-state index contributed by atoms with van der Waals surface area (Å²) in [6.45, 7) is 0.744. The monoisotopic (exact) mass is 266 g/mol. The van der Waals surface area contributed by atoms with Crippen LogP contribution >= 0.6 is 0 Å². The molecule has 1 fully saturated rings. The Balaban J connectivity index is 2.31. The summed E-state index contributed by atoms with van der Waals surface area (Å²) in [5.41, 5.74) is 0. The van der Waals surface area contributed by atoms with Crippen molar-refractivity contribution < 1.29 is 9.53 Å². The summed E-state index contributed by atoms with van der Waals surface area (Å²) in [6.07, 6.45) is 1.73. The van der Waals surface area contributed by atoms with Gasteiger partial charge in [0.05, 0.1) is 7.11 Å². The van der Waals surface area contributed by atoms with Gasteiger partial charge in [0, 0.05) is 20.6 Å². The Morgan fingerprint density at radius 1 is 1.37 bits per heavy atom. The van der Waals surface area contributed by atoms with Crippen LogP contribution in [0.2, 0.25) is 0 Å². The van der Waals surface area contributed by atoms with Crippen LogP contribution in [0.3, 0.4) is 0 Å². The van der Waals surface area contributed by atoms with E-state index in [0.29, 0.717) is 11.9 Å². The lowest BCUT2D eigenvalue weighted by Gasteiger charge is -2.23. The van der Waals surface area contributed by atoms with E-state index < -0.39 is 0 Å². The standard InChI is InChI=1S/C11H18N6O2/c1-12-8(18)7-5-4-6-17(7)10-14-9(13-2)15-11(16-10)19-3/h7H,4-6H2,1-3H3,(H,12,18)(H,13,14,15,16). The van der Waals surface area contributed by atoms with Crippen LogP contribution in [0.15, 0.2) is 0 Å². The minimum absolute atomic E-state index is 0.0251. The normalized spacial score (nSPS) is 18.3. The van der Waals surface area contributed by atoms with E-state index in [-0.39, 0.29) is 18.0 Å². The average molecular weight is 266 g/mol. The maximum Gasteiger partial charge on any atom is 0.322 e. The van der Waals surface area contributed by atoms with E-state index in [1.54, 1.807) is 14.1 Å². The van der Waals surface area contributed by atoms with E-state index in [4.69, 9.17) is 4.74 Å². The van der Waals surface area contributed by atoms with Gasteiger partial charge in [0.1, 0.15) is 6.04 Å². The number of rotatable bonds is 4. The highest BCUT2D eigenvalue weighted by molar-refractivity contribution is 5.85. The summed E-state index contributed by atoms with van der Waals surface area (Å²) in [4.78, 5) is 26.3. The number of amides is 1. The molecule has 0 spiro atoms. The first-order chi connectivity index (χ1) is 9.19. The van der Waals surface area contributed by atoms with Crippen molar-refractivity contribution in [3.63, 3.8) is 0 Å². The molecule has 2 rings (SSSR count). The van der Waals surface area contributed by atoms with E-state index in [2.05, 4.69) is 25.6 Å². The summed E-state index contributed by atoms with van der Waals surface area (Å²) < 4.78 is 5.05. The molecule has 2 heterocycles. The van der Waals surface area contributed by atoms with Crippen molar-refractivity contribution in [3.8, 4) is 6.01 Å². The van der Waals surface area contributed by atoms with Crippen LogP contribution in [0.4, 0.5) is 11.9 Å². The number of nitrogens with one attached hydrogen (secondary N) is 2. The van der Waals surface area contributed by atoms with E-state index in [1.165, 1.54) is 7.11 Å². The fourth-order valence-electron chi connectivity index (χ4n) is 2.12. The first-order valence-corrected chi connectivity index (χ1v) is 6.15. The van der Waals surface area contributed by atoms with Crippen LogP contribution in [-0.4, -0.2) is 54.7 Å². The minimum atomic E-state index is -0.234. The quantitative estimate of drug-likeness (QED) is 0.768. The van der Waals surface area contributed by atoms with Crippen LogP contribution in [0, 0.1) is 0 Å². The summed E-state index contributed by atoms with van der Waals surface area (Å²) in [7, 11) is 4.85. The molecule has 0 aliphatic carbocycles. The van der Waals surface area contributed by atoms with Crippen molar-refractivity contribution in [2.24, 2.45) is 0 Å². The molecule has 1 unspecified atom stereocenters. The van der Waals surface area contributed by atoms with Crippen LogP contribution in [0.1, 0.15) is 12.8 Å². The van der Waals surface area contributed by atoms with Crippen molar-refractivity contribution in [2.75, 3.05) is 38.0 Å². The van der Waals surface area contributed by atoms with Crippen molar-refractivity contribution in [1.29, 1.82) is 0 Å². The topological polar surface area (TPSA) is 92.3 Å². The Morgan fingerprint density at radius 2 is 2.16 bits per heavy atom. The van der Waals surface area contributed by atoms with E-state index in [9.17, 15) is 4.79 Å². The molecule has 1 saturated heterocycles. The fraction of sp³-hybridized carbons (Fsp3) is 0.636. The molecule has 1 aromatic rings. The second-order valence-corrected chi connectivity index (χ2v) is 4.16. The zero-order chi connectivity index (χ0) is 13.8. The van der Waals surface area contributed by atoms with Crippen LogP contribution in [0.25, 0.3) is 0 Å². The van der Waals surface area contributed by atoms with E-state index in [0.717, 1.165) is 19.4 Å². The molecule has 0 saturated carbocycles. The highest BCUT2D eigenvalue weighted by Gasteiger charge is 2.32. The van der Waals surface area contributed by atoms with Crippen LogP contribution in [0.5, 0.6) is 6.01 Å². The molecule has 8 heteroatoms. The lowest BCUT2D eigenvalue weighted by Crippen LogP contribution is -2.42. The van der Waals surface area contributed by atoms with Gasteiger partial charge in [-0.05, 0) is 12.8 Å². The van der Waals surface area contributed by atoms with Gasteiger partial charge in [0.2, 0.25) is 17.8 Å². The molecular formula is C11H18N6O2. The van der Waals surface area contributed by atoms with Gasteiger partial charge < -0.3 is 20.3 Å². The number of nitrogens with zero attached hydrogens (tertiary/aromatic N) is 4. The highest BCUT2D eigenvalue weighted by atomic mass is 16.5. The molecule has 0 radical (unpaired) electrons. The van der Waals surface area contributed by atoms with Crippen LogP contribution < -0.4 is 20.3 Å². The third-order valence-electron chi connectivity index (χ3n) is 3.07. The number of hydrogen-bond acceptors (Lipinski definition) is 7. The molecule has 19 heavy (non-hydrogen) atoms. The molecule has 1 aliphatic rings. The van der Waals surface area contributed by atoms with Crippen LogP contribution in [-0.2, 0) is 4.79 Å². The van der Waals surface area contributed by atoms with E-state index in [1.807, 2.05) is 4.90 Å². The molecule has 0 aromatic carbocycles. The third kappa shape index (κ3) is 2.67. The van der Waals surface area contributed by atoms with Crippen molar-refractivity contribution in [2.45, 2.75) is 18.9 Å². The molecular weight excluding hydrogens is 248 g/mol. The third-order valence-corrected chi connectivity index (χ3v) is 3.07. The molecule has 1 aliphatic heterocycles. The largest absolute Gasteiger partial charge is 0.467 e. The highest BCUT2D eigenvalue weighted by Crippen LogP contribution is 2.24. The number of aromatic nitrogens is 3. The van der Waals surface area contributed by atoms with Gasteiger partial charge in [-0.2, -0.15) is 15.0 Å². The second-order valence-electron chi connectivity index (χ2n) is 4.16. The molecule has 104 valence electrons. The number of anilines is 2. The van der Waals surface area contributed by atoms with Crippen molar-refractivity contribution in [3.05, 3.63) is 0 Å². The zero-order valence-corrected chi connectivity index (χ0v) is 11.3. The Bertz CT molecular complexity index is 444. The van der Waals surface area contributed by atoms with Gasteiger partial charge in [0.25, 0.3) is 0 Å². The SMILES string of the molecule is CNC(=O)C1CCCN1c1nc(NC)nc(OC)n1. The lowest BCUT2D eigenvalue weighted by molar-refractivity contribution is -0.121. The number of ether oxygens (including phenoxy) is 1. The summed E-state index contributed by atoms with van der Waals surface area (Å²) in [5.74, 6) is 0.856. The number of likely N-dealkylation sites (N-methyl/N-ethyl adjacent to an activating group) is 1. The Labute approximate surface area is 111 Å². The number of hydrogen-bond donors (Lipinski definition) is 2. The number of carbonyl (C=O) groups is 1. The second kappa shape index (κ2) is 5.68. The maximum atomic E-state index is 11.8. The summed E-state index contributed by atoms with van der Waals surface area (Å²) in [5, 5.41) is 5.52. The molecule has 1 amide bonds. The molecule has 1 aromatic heterocycles. The molecule has 2 N–H and O–H groups in total. The van der Waals surface area contributed by atoms with Gasteiger partial charge in [-0.3, -0.25) is 4.79 Å². The summed E-state index contributed by atoms with van der Waals surface area (Å²) in [6, 6.07) is -0.00119. The smallest absolute Gasteiger partial charge is 0.322 e. The van der Waals surface area contributed by atoms with Crippen molar-refractivity contribution >= 4 is 17.8 Å². The van der Waals surface area contributed by atoms with Crippen molar-refractivity contribution in [1.82, 2.24) is 20.3 Å². The number of carbonyl (C=O) groups excluding carboxylic acids is 1. The van der Waals surface area contributed by atoms with Gasteiger partial charge in [0.15, 0.2) is 0 Å². The molecule has 0 bridgehead atoms. The van der Waals surface area contributed by atoms with Gasteiger partial charge in [-0.1, -0.05) is 0 Å². The summed E-state index contributed by atoms with van der Waals surface area (Å²) >= 11 is 0.